The van der Waals surface area contributed by atoms with Gasteiger partial charge in [0.05, 0.1) is 0 Å². The SMILES string of the molecule is CNS(=O)(=O)N1CC(C)CC1(C)C. The maximum atomic E-state index is 11.6. The lowest BCUT2D eigenvalue weighted by molar-refractivity contribution is 0.289. The number of hydrogen-bond acceptors (Lipinski definition) is 2. The van der Waals surface area contributed by atoms with E-state index >= 15 is 0 Å². The van der Waals surface area contributed by atoms with E-state index in [4.69, 9.17) is 0 Å². The molecule has 1 N–H and O–H groups in total. The van der Waals surface area contributed by atoms with Crippen LogP contribution in [0.4, 0.5) is 0 Å². The Morgan fingerprint density at radius 2 is 2.00 bits per heavy atom. The standard InChI is InChI=1S/C8H18N2O2S/c1-7-5-8(2,3)10(6-7)13(11,12)9-4/h7,9H,5-6H2,1-4H3. The molecular weight excluding hydrogens is 188 g/mol. The molecule has 1 unspecified atom stereocenters. The van der Waals surface area contributed by atoms with E-state index in [1.165, 1.54) is 7.05 Å². The van der Waals surface area contributed by atoms with E-state index < -0.39 is 10.2 Å². The van der Waals surface area contributed by atoms with Crippen LogP contribution in [0.1, 0.15) is 27.2 Å². The Labute approximate surface area is 80.5 Å². The molecule has 0 radical (unpaired) electrons. The predicted octanol–water partition coefficient (Wildman–Crippen LogP) is 0.571. The number of hydrogen-bond donors (Lipinski definition) is 1. The molecule has 1 aliphatic heterocycles. The molecule has 1 saturated heterocycles. The van der Waals surface area contributed by atoms with Gasteiger partial charge in [0.25, 0.3) is 10.2 Å². The zero-order valence-electron chi connectivity index (χ0n) is 8.66. The van der Waals surface area contributed by atoms with Crippen LogP contribution in [0, 0.1) is 5.92 Å². The second kappa shape index (κ2) is 3.22. The average molecular weight is 206 g/mol. The summed E-state index contributed by atoms with van der Waals surface area (Å²) in [4.78, 5) is 0. The minimum atomic E-state index is -3.26. The molecule has 0 bridgehead atoms. The zero-order chi connectivity index (χ0) is 10.3. The molecule has 1 aliphatic rings. The lowest BCUT2D eigenvalue weighted by Gasteiger charge is -2.29. The summed E-state index contributed by atoms with van der Waals surface area (Å²) < 4.78 is 27.1. The van der Waals surface area contributed by atoms with Gasteiger partial charge in [-0.1, -0.05) is 6.92 Å². The summed E-state index contributed by atoms with van der Waals surface area (Å²) in [5.74, 6) is 0.443. The molecule has 1 rings (SSSR count). The summed E-state index contributed by atoms with van der Waals surface area (Å²) in [5.41, 5.74) is -0.249. The molecule has 13 heavy (non-hydrogen) atoms. The van der Waals surface area contributed by atoms with Crippen molar-refractivity contribution in [2.75, 3.05) is 13.6 Å². The van der Waals surface area contributed by atoms with E-state index in [0.29, 0.717) is 12.5 Å². The summed E-state index contributed by atoms with van der Waals surface area (Å²) in [5, 5.41) is 0. The van der Waals surface area contributed by atoms with Gasteiger partial charge in [-0.15, -0.1) is 0 Å². The predicted molar refractivity (Wildman–Crippen MR) is 52.5 cm³/mol. The van der Waals surface area contributed by atoms with Gasteiger partial charge in [0, 0.05) is 19.1 Å². The van der Waals surface area contributed by atoms with Crippen LogP contribution in [0.2, 0.25) is 0 Å². The highest BCUT2D eigenvalue weighted by atomic mass is 32.2. The van der Waals surface area contributed by atoms with Gasteiger partial charge >= 0.3 is 0 Å². The van der Waals surface area contributed by atoms with Crippen molar-refractivity contribution < 1.29 is 8.42 Å². The average Bonchev–Trinajstić information content (AvgIpc) is 2.25. The third kappa shape index (κ3) is 2.03. The molecule has 0 spiro atoms. The highest BCUT2D eigenvalue weighted by Crippen LogP contribution is 2.33. The quantitative estimate of drug-likeness (QED) is 0.718. The summed E-state index contributed by atoms with van der Waals surface area (Å²) >= 11 is 0. The number of nitrogens with zero attached hydrogens (tertiary/aromatic N) is 1. The molecule has 0 amide bonds. The second-order valence-electron chi connectivity index (χ2n) is 4.36. The Kier molecular flexibility index (Phi) is 2.71. The summed E-state index contributed by atoms with van der Waals surface area (Å²) in [6.07, 6.45) is 0.925. The third-order valence-electron chi connectivity index (χ3n) is 2.55. The van der Waals surface area contributed by atoms with Crippen LogP contribution in [-0.4, -0.2) is 31.9 Å². The molecule has 78 valence electrons. The summed E-state index contributed by atoms with van der Waals surface area (Å²) in [7, 11) is -1.80. The van der Waals surface area contributed by atoms with Crippen LogP contribution in [0.25, 0.3) is 0 Å². The van der Waals surface area contributed by atoms with E-state index in [1.807, 2.05) is 13.8 Å². The number of rotatable bonds is 2. The Morgan fingerprint density at radius 1 is 1.46 bits per heavy atom. The van der Waals surface area contributed by atoms with Crippen molar-refractivity contribution >= 4 is 10.2 Å². The second-order valence-corrected chi connectivity index (χ2v) is 6.16. The van der Waals surface area contributed by atoms with Gasteiger partial charge in [0.15, 0.2) is 0 Å². The van der Waals surface area contributed by atoms with Gasteiger partial charge in [0.2, 0.25) is 0 Å². The van der Waals surface area contributed by atoms with E-state index in [9.17, 15) is 8.42 Å². The Hall–Kier alpha value is -0.130. The fourth-order valence-corrected chi connectivity index (χ4v) is 3.48. The van der Waals surface area contributed by atoms with Gasteiger partial charge < -0.3 is 0 Å². The Balaban J connectivity index is 2.94. The summed E-state index contributed by atoms with van der Waals surface area (Å²) in [6, 6.07) is 0. The maximum absolute atomic E-state index is 11.6. The molecule has 1 fully saturated rings. The van der Waals surface area contributed by atoms with Crippen molar-refractivity contribution in [1.82, 2.24) is 9.03 Å². The molecule has 0 aromatic rings. The first kappa shape index (κ1) is 10.9. The Morgan fingerprint density at radius 3 is 2.31 bits per heavy atom. The van der Waals surface area contributed by atoms with Gasteiger partial charge in [-0.2, -0.15) is 12.7 Å². The van der Waals surface area contributed by atoms with Crippen LogP contribution in [0.3, 0.4) is 0 Å². The van der Waals surface area contributed by atoms with Crippen molar-refractivity contribution in [1.29, 1.82) is 0 Å². The van der Waals surface area contributed by atoms with Crippen LogP contribution in [-0.2, 0) is 10.2 Å². The van der Waals surface area contributed by atoms with Gasteiger partial charge in [-0.25, -0.2) is 4.72 Å². The first-order valence-corrected chi connectivity index (χ1v) is 5.95. The van der Waals surface area contributed by atoms with Crippen LogP contribution >= 0.6 is 0 Å². The molecule has 0 aromatic heterocycles. The van der Waals surface area contributed by atoms with E-state index in [2.05, 4.69) is 11.6 Å². The third-order valence-corrected chi connectivity index (χ3v) is 4.29. The van der Waals surface area contributed by atoms with Gasteiger partial charge in [-0.3, -0.25) is 0 Å². The lowest BCUT2D eigenvalue weighted by Crippen LogP contribution is -2.47. The largest absolute Gasteiger partial charge is 0.279 e. The van der Waals surface area contributed by atoms with E-state index in [1.54, 1.807) is 4.31 Å². The van der Waals surface area contributed by atoms with E-state index in [0.717, 1.165) is 6.42 Å². The fraction of sp³-hybridized carbons (Fsp3) is 1.00. The van der Waals surface area contributed by atoms with Gasteiger partial charge in [-0.05, 0) is 26.2 Å². The molecule has 0 saturated carbocycles. The van der Waals surface area contributed by atoms with Crippen molar-refractivity contribution in [3.05, 3.63) is 0 Å². The maximum Gasteiger partial charge on any atom is 0.279 e. The first-order chi connectivity index (χ1) is 5.79. The molecule has 0 aromatic carbocycles. The van der Waals surface area contributed by atoms with Crippen LogP contribution < -0.4 is 4.72 Å². The smallest absolute Gasteiger partial charge is 0.205 e. The fourth-order valence-electron chi connectivity index (χ4n) is 2.08. The Bertz CT molecular complexity index is 285. The van der Waals surface area contributed by atoms with Crippen molar-refractivity contribution in [2.24, 2.45) is 5.92 Å². The molecule has 1 heterocycles. The lowest BCUT2D eigenvalue weighted by atomic mass is 9.99. The molecular formula is C8H18N2O2S. The van der Waals surface area contributed by atoms with Crippen LogP contribution in [0.5, 0.6) is 0 Å². The summed E-state index contributed by atoms with van der Waals surface area (Å²) in [6.45, 7) is 6.62. The van der Waals surface area contributed by atoms with Crippen molar-refractivity contribution in [2.45, 2.75) is 32.7 Å². The normalized spacial score (nSPS) is 29.4. The highest BCUT2D eigenvalue weighted by Gasteiger charge is 2.42. The molecule has 5 heteroatoms. The molecule has 1 atom stereocenters. The first-order valence-electron chi connectivity index (χ1n) is 4.51. The zero-order valence-corrected chi connectivity index (χ0v) is 9.48. The topological polar surface area (TPSA) is 49.4 Å². The van der Waals surface area contributed by atoms with E-state index in [-0.39, 0.29) is 5.54 Å². The van der Waals surface area contributed by atoms with Crippen molar-refractivity contribution in [3.8, 4) is 0 Å². The molecule has 4 nitrogen and oxygen atoms in total. The van der Waals surface area contributed by atoms with Crippen LogP contribution in [0.15, 0.2) is 0 Å². The minimum Gasteiger partial charge on any atom is -0.205 e. The number of nitrogens with one attached hydrogen (secondary N) is 1. The van der Waals surface area contributed by atoms with Gasteiger partial charge in [0.1, 0.15) is 0 Å². The minimum absolute atomic E-state index is 0.249. The monoisotopic (exact) mass is 206 g/mol. The highest BCUT2D eigenvalue weighted by molar-refractivity contribution is 7.87. The van der Waals surface area contributed by atoms with Crippen molar-refractivity contribution in [3.63, 3.8) is 0 Å². The molecule has 0 aliphatic carbocycles.